The largest absolute Gasteiger partial charge is 0.310 e. The standard InChI is InChI=1S/C32H22N4/c1-3-13-23(14-4-1)35(24-15-5-2-6-16-24)30-22-12-10-20-28(30)32-34-33-31-27-19-8-7-17-25(27)26-18-9-11-21-29(26)36(31)32/h1-22H. The van der Waals surface area contributed by atoms with Crippen molar-refractivity contribution in [3.05, 3.63) is 133 Å². The first-order valence-electron chi connectivity index (χ1n) is 12.0. The third-order valence-corrected chi connectivity index (χ3v) is 6.68. The number of fused-ring (bicyclic) bond motifs is 6. The van der Waals surface area contributed by atoms with Gasteiger partial charge in [-0.25, -0.2) is 0 Å². The van der Waals surface area contributed by atoms with Crippen molar-refractivity contribution in [3.8, 4) is 11.4 Å². The number of aromatic nitrogens is 3. The Hall–Kier alpha value is -4.96. The predicted octanol–water partition coefficient (Wildman–Crippen LogP) is 8.17. The fraction of sp³-hybridized carbons (Fsp3) is 0. The first-order valence-corrected chi connectivity index (χ1v) is 12.0. The molecule has 0 fully saturated rings. The van der Waals surface area contributed by atoms with E-state index in [1.807, 2.05) is 12.1 Å². The molecule has 4 nitrogen and oxygen atoms in total. The van der Waals surface area contributed by atoms with E-state index in [0.717, 1.165) is 45.0 Å². The van der Waals surface area contributed by atoms with Crippen LogP contribution < -0.4 is 4.90 Å². The zero-order valence-corrected chi connectivity index (χ0v) is 19.5. The molecule has 36 heavy (non-hydrogen) atoms. The topological polar surface area (TPSA) is 33.4 Å². The predicted molar refractivity (Wildman–Crippen MR) is 148 cm³/mol. The van der Waals surface area contributed by atoms with Gasteiger partial charge in [0, 0.05) is 27.7 Å². The Bertz CT molecular complexity index is 1800. The number of anilines is 3. The van der Waals surface area contributed by atoms with Gasteiger partial charge >= 0.3 is 0 Å². The Morgan fingerprint density at radius 1 is 0.472 bits per heavy atom. The molecule has 0 saturated carbocycles. The molecular formula is C32H22N4. The number of pyridine rings is 1. The van der Waals surface area contributed by atoms with Crippen LogP contribution in [-0.2, 0) is 0 Å². The summed E-state index contributed by atoms with van der Waals surface area (Å²) in [6.07, 6.45) is 0. The highest BCUT2D eigenvalue weighted by atomic mass is 15.3. The Morgan fingerprint density at radius 3 is 1.75 bits per heavy atom. The second-order valence-corrected chi connectivity index (χ2v) is 8.77. The molecule has 0 amide bonds. The molecule has 0 radical (unpaired) electrons. The van der Waals surface area contributed by atoms with Gasteiger partial charge in [0.2, 0.25) is 0 Å². The van der Waals surface area contributed by atoms with Gasteiger partial charge in [0.15, 0.2) is 11.5 Å². The van der Waals surface area contributed by atoms with Gasteiger partial charge in [-0.1, -0.05) is 91.0 Å². The smallest absolute Gasteiger partial charge is 0.170 e. The number of hydrogen-bond donors (Lipinski definition) is 0. The highest BCUT2D eigenvalue weighted by Crippen LogP contribution is 2.41. The van der Waals surface area contributed by atoms with Crippen molar-refractivity contribution in [2.24, 2.45) is 0 Å². The van der Waals surface area contributed by atoms with E-state index in [4.69, 9.17) is 10.2 Å². The van der Waals surface area contributed by atoms with Gasteiger partial charge in [-0.05, 0) is 47.9 Å². The molecule has 7 aromatic rings. The van der Waals surface area contributed by atoms with E-state index in [-0.39, 0.29) is 0 Å². The molecule has 4 heteroatoms. The maximum Gasteiger partial charge on any atom is 0.170 e. The van der Waals surface area contributed by atoms with E-state index < -0.39 is 0 Å². The van der Waals surface area contributed by atoms with Gasteiger partial charge < -0.3 is 4.90 Å². The summed E-state index contributed by atoms with van der Waals surface area (Å²) in [6.45, 7) is 0. The molecular weight excluding hydrogens is 440 g/mol. The van der Waals surface area contributed by atoms with Gasteiger partial charge in [-0.15, -0.1) is 10.2 Å². The zero-order chi connectivity index (χ0) is 23.9. The molecule has 0 aliphatic heterocycles. The van der Waals surface area contributed by atoms with Crippen LogP contribution in [0.3, 0.4) is 0 Å². The highest BCUT2D eigenvalue weighted by molar-refractivity contribution is 6.12. The lowest BCUT2D eigenvalue weighted by Gasteiger charge is -2.27. The summed E-state index contributed by atoms with van der Waals surface area (Å²) in [5, 5.41) is 13.0. The molecule has 0 atom stereocenters. The fourth-order valence-electron chi connectivity index (χ4n) is 5.11. The van der Waals surface area contributed by atoms with Crippen LogP contribution in [0, 0.1) is 0 Å². The average molecular weight is 463 g/mol. The van der Waals surface area contributed by atoms with Gasteiger partial charge in [0.1, 0.15) is 0 Å². The van der Waals surface area contributed by atoms with Crippen molar-refractivity contribution in [2.45, 2.75) is 0 Å². The van der Waals surface area contributed by atoms with E-state index in [9.17, 15) is 0 Å². The summed E-state index contributed by atoms with van der Waals surface area (Å²) in [6, 6.07) is 46.2. The van der Waals surface area contributed by atoms with Crippen LogP contribution in [0.2, 0.25) is 0 Å². The minimum Gasteiger partial charge on any atom is -0.310 e. The van der Waals surface area contributed by atoms with Crippen molar-refractivity contribution in [1.29, 1.82) is 0 Å². The number of para-hydroxylation sites is 4. The Kier molecular flexibility index (Phi) is 4.74. The van der Waals surface area contributed by atoms with Crippen molar-refractivity contribution in [1.82, 2.24) is 14.6 Å². The molecule has 0 spiro atoms. The van der Waals surface area contributed by atoms with Crippen LogP contribution in [0.15, 0.2) is 133 Å². The van der Waals surface area contributed by atoms with Crippen LogP contribution in [0.1, 0.15) is 0 Å². The van der Waals surface area contributed by atoms with Crippen LogP contribution >= 0.6 is 0 Å². The summed E-state index contributed by atoms with van der Waals surface area (Å²) in [7, 11) is 0. The van der Waals surface area contributed by atoms with Crippen LogP contribution in [0.4, 0.5) is 17.1 Å². The second-order valence-electron chi connectivity index (χ2n) is 8.77. The van der Waals surface area contributed by atoms with E-state index in [2.05, 4.69) is 131 Å². The second kappa shape index (κ2) is 8.36. The Labute approximate surface area is 208 Å². The van der Waals surface area contributed by atoms with Crippen molar-refractivity contribution in [3.63, 3.8) is 0 Å². The van der Waals surface area contributed by atoms with Crippen molar-refractivity contribution < 1.29 is 0 Å². The molecule has 170 valence electrons. The highest BCUT2D eigenvalue weighted by Gasteiger charge is 2.21. The summed E-state index contributed by atoms with van der Waals surface area (Å²) >= 11 is 0. The lowest BCUT2D eigenvalue weighted by molar-refractivity contribution is 1.11. The van der Waals surface area contributed by atoms with E-state index >= 15 is 0 Å². The van der Waals surface area contributed by atoms with Crippen LogP contribution in [-0.4, -0.2) is 14.6 Å². The molecule has 0 bridgehead atoms. The summed E-state index contributed by atoms with van der Waals surface area (Å²) in [5.41, 5.74) is 6.17. The molecule has 0 aliphatic rings. The minimum absolute atomic E-state index is 0.819. The van der Waals surface area contributed by atoms with Crippen molar-refractivity contribution in [2.75, 3.05) is 4.90 Å². The maximum atomic E-state index is 4.78. The maximum absolute atomic E-state index is 4.78. The summed E-state index contributed by atoms with van der Waals surface area (Å²) < 4.78 is 2.20. The minimum atomic E-state index is 0.819. The third kappa shape index (κ3) is 3.16. The van der Waals surface area contributed by atoms with Crippen molar-refractivity contribution >= 4 is 44.4 Å². The SMILES string of the molecule is c1ccc(N(c2ccccc2)c2ccccc2-c2nnc3c4ccccc4c4ccccc4n23)cc1. The molecule has 0 saturated heterocycles. The molecule has 5 aromatic carbocycles. The summed E-state index contributed by atoms with van der Waals surface area (Å²) in [5.74, 6) is 0.819. The molecule has 2 aromatic heterocycles. The van der Waals surface area contributed by atoms with Gasteiger partial charge in [-0.2, -0.15) is 0 Å². The van der Waals surface area contributed by atoms with Crippen LogP contribution in [0.5, 0.6) is 0 Å². The van der Waals surface area contributed by atoms with Crippen LogP contribution in [0.25, 0.3) is 38.7 Å². The number of hydrogen-bond acceptors (Lipinski definition) is 3. The molecule has 0 unspecified atom stereocenters. The van der Waals surface area contributed by atoms with Gasteiger partial charge in [0.05, 0.1) is 11.2 Å². The summed E-state index contributed by atoms with van der Waals surface area (Å²) in [4.78, 5) is 2.28. The first-order chi connectivity index (χ1) is 17.9. The van der Waals surface area contributed by atoms with Gasteiger partial charge in [0.25, 0.3) is 0 Å². The van der Waals surface area contributed by atoms with E-state index in [1.165, 1.54) is 10.8 Å². The van der Waals surface area contributed by atoms with E-state index in [0.29, 0.717) is 0 Å². The lowest BCUT2D eigenvalue weighted by Crippen LogP contribution is -2.11. The Morgan fingerprint density at radius 2 is 1.03 bits per heavy atom. The number of rotatable bonds is 4. The Balaban J connectivity index is 1.56. The lowest BCUT2D eigenvalue weighted by atomic mass is 10.1. The third-order valence-electron chi connectivity index (χ3n) is 6.68. The average Bonchev–Trinajstić information content (AvgIpc) is 3.41. The molecule has 0 aliphatic carbocycles. The van der Waals surface area contributed by atoms with Gasteiger partial charge in [-0.3, -0.25) is 4.40 Å². The monoisotopic (exact) mass is 462 g/mol. The normalized spacial score (nSPS) is 11.3. The molecule has 2 heterocycles. The zero-order valence-electron chi connectivity index (χ0n) is 19.5. The van der Waals surface area contributed by atoms with E-state index in [1.54, 1.807) is 0 Å². The number of nitrogens with zero attached hydrogens (tertiary/aromatic N) is 4. The molecule has 0 N–H and O–H groups in total. The number of benzene rings is 5. The first kappa shape index (κ1) is 20.4. The molecule has 7 rings (SSSR count). The fourth-order valence-corrected chi connectivity index (χ4v) is 5.11. The quantitative estimate of drug-likeness (QED) is 0.247.